The predicted molar refractivity (Wildman–Crippen MR) is 485 cm³/mol. The average Bonchev–Trinajstić information content (AvgIpc) is 1.62. The Morgan fingerprint density at radius 2 is 0.679 bits per heavy atom. The molecule has 9 N–H and O–H groups in total. The van der Waals surface area contributed by atoms with E-state index in [4.69, 9.17) is 64.5 Å². The molecule has 0 radical (unpaired) electrons. The molecular weight excluding hydrogens is 1940 g/mol. The third-order valence-electron chi connectivity index (χ3n) is 19.1. The number of halogens is 12. The van der Waals surface area contributed by atoms with Crippen LogP contribution < -0.4 is 63.1 Å². The van der Waals surface area contributed by atoms with E-state index in [9.17, 15) is 71.9 Å². The highest BCUT2D eigenvalue weighted by Crippen LogP contribution is 2.33. The molecule has 137 heavy (non-hydrogen) atoms. The van der Waals surface area contributed by atoms with Gasteiger partial charge in [-0.25, -0.2) is 59.0 Å². The van der Waals surface area contributed by atoms with Crippen LogP contribution in [-0.2, 0) is 73.5 Å². The highest BCUT2D eigenvalue weighted by atomic mass is 32.2. The standard InChI is InChI=1S/C19H28N6OS.C18H20N8OS.C17H20N8OS.C17H19N7OS2.4C2HF3O2/c1-6-7-10-25-15-16(21-18(25)24-11-8-20-9-12-24)22-19(23(5)17(15)26)27-14(4)13(2)3;1-3-4-10-26-13-14(22-17(26)25-11-8-19-9-12-25)23-18(24(2)15(13)27)28-16-20-6-5-7-21-16;1-3-4-9-25-12-13(21-16(25)24-10-7-18-8-11-24)22-17(23(2)14(12)26)27-15-19-5-6-20-15;1-3-4-8-24-12-13(20-15(24)23-9-5-18-6-10-23)21-16(22(2)14(12)25)27-17-19-7-11-26-17;4*3-2(4,5)1(6)7/h13-14,20H,8-12H2,1-5H3;5-7,19H,8-12H2,1-2H3;5-6,18H,7-11H2,1-2H3,(H,19,20);7,11,18H,5-6,8-10H2,1-2H3;4*(H,6,7). The first-order chi connectivity index (χ1) is 64.8. The van der Waals surface area contributed by atoms with Gasteiger partial charge in [0.05, 0.1) is 26.2 Å². The number of carbonyl (C=O) groups is 4. The number of hydrogen-bond donors (Lipinski definition) is 9. The summed E-state index contributed by atoms with van der Waals surface area (Å²) in [4.78, 5) is 154. The summed E-state index contributed by atoms with van der Waals surface area (Å²) in [6.45, 7) is 29.2. The van der Waals surface area contributed by atoms with Crippen LogP contribution in [0.15, 0.2) is 96.9 Å². The molecule has 0 bridgehead atoms. The van der Waals surface area contributed by atoms with Gasteiger partial charge in [-0.05, 0) is 75.0 Å². The Hall–Kier alpha value is -13.0. The van der Waals surface area contributed by atoms with Gasteiger partial charge >= 0.3 is 48.6 Å². The molecule has 41 nitrogen and oxygen atoms in total. The number of rotatable bonds is 17. The minimum Gasteiger partial charge on any atom is -0.475 e. The molecule has 4 aliphatic heterocycles. The van der Waals surface area contributed by atoms with Gasteiger partial charge in [-0.3, -0.25) is 55.7 Å². The largest absolute Gasteiger partial charge is 0.490 e. The molecular formula is C79H91F12N29O12S5. The Morgan fingerprint density at radius 1 is 0.401 bits per heavy atom. The lowest BCUT2D eigenvalue weighted by atomic mass is 10.2. The number of nitrogens with one attached hydrogen (secondary N) is 5. The van der Waals surface area contributed by atoms with Crippen molar-refractivity contribution in [1.29, 1.82) is 0 Å². The fourth-order valence-electron chi connectivity index (χ4n) is 12.0. The highest BCUT2D eigenvalue weighted by Gasteiger charge is 2.41. The monoisotopic (exact) mass is 2030 g/mol. The lowest BCUT2D eigenvalue weighted by Gasteiger charge is -2.28. The van der Waals surface area contributed by atoms with Gasteiger partial charge in [0.15, 0.2) is 79.9 Å². The number of carboxylic acid groups (broad SMARTS) is 4. The maximum atomic E-state index is 13.2. The zero-order valence-electron chi connectivity index (χ0n) is 74.7. The lowest BCUT2D eigenvalue weighted by molar-refractivity contribution is -0.193. The van der Waals surface area contributed by atoms with Crippen molar-refractivity contribution >= 4 is 151 Å². The van der Waals surface area contributed by atoms with Crippen LogP contribution in [0.4, 0.5) is 76.5 Å². The second-order valence-electron chi connectivity index (χ2n) is 28.7. The van der Waals surface area contributed by atoms with Crippen LogP contribution in [0.2, 0.25) is 0 Å². The lowest BCUT2D eigenvalue weighted by Crippen LogP contribution is -2.44. The summed E-state index contributed by atoms with van der Waals surface area (Å²) in [6.07, 6.45) is -11.9. The molecule has 4 aliphatic rings. The van der Waals surface area contributed by atoms with Crippen molar-refractivity contribution in [2.24, 2.45) is 34.1 Å². The number of nitrogens with zero attached hydrogens (tertiary/aromatic N) is 24. The second-order valence-corrected chi connectivity index (χ2v) is 34.0. The number of alkyl halides is 12. The zero-order valence-corrected chi connectivity index (χ0v) is 78.8. The van der Waals surface area contributed by atoms with Crippen LogP contribution in [0.25, 0.3) is 44.7 Å². The van der Waals surface area contributed by atoms with Gasteiger partial charge < -0.3 is 66.3 Å². The van der Waals surface area contributed by atoms with E-state index >= 15 is 0 Å². The van der Waals surface area contributed by atoms with E-state index in [0.29, 0.717) is 113 Å². The van der Waals surface area contributed by atoms with E-state index in [-0.39, 0.29) is 22.2 Å². The number of thioether (sulfide) groups is 1. The van der Waals surface area contributed by atoms with Crippen LogP contribution in [0.5, 0.6) is 0 Å². The number of piperazine rings is 4. The van der Waals surface area contributed by atoms with E-state index in [1.807, 2.05) is 30.6 Å². The number of imidazole rings is 5. The summed E-state index contributed by atoms with van der Waals surface area (Å²) in [5, 5.41) is 47.7. The van der Waals surface area contributed by atoms with Crippen molar-refractivity contribution in [3.8, 4) is 47.4 Å². The molecule has 4 saturated heterocycles. The number of hydrogen-bond acceptors (Lipinski definition) is 33. The minimum absolute atomic E-state index is 0.0646. The third kappa shape index (κ3) is 30.0. The van der Waals surface area contributed by atoms with Gasteiger partial charge in [-0.15, -0.1) is 35.0 Å². The smallest absolute Gasteiger partial charge is 0.475 e. The van der Waals surface area contributed by atoms with Crippen molar-refractivity contribution in [3.63, 3.8) is 0 Å². The molecule has 11 aromatic heterocycles. The van der Waals surface area contributed by atoms with E-state index in [1.165, 1.54) is 55.8 Å². The van der Waals surface area contributed by atoms with E-state index < -0.39 is 48.6 Å². The van der Waals surface area contributed by atoms with E-state index in [0.717, 1.165) is 133 Å². The minimum atomic E-state index is -5.08. The summed E-state index contributed by atoms with van der Waals surface area (Å²) in [5.74, 6) is 16.4. The van der Waals surface area contributed by atoms with Gasteiger partial charge in [-0.2, -0.15) is 72.6 Å². The van der Waals surface area contributed by atoms with Gasteiger partial charge in [0, 0.05) is 175 Å². The van der Waals surface area contributed by atoms with Crippen LogP contribution in [-0.4, -0.2) is 280 Å². The van der Waals surface area contributed by atoms with Crippen molar-refractivity contribution in [3.05, 3.63) is 83.8 Å². The summed E-state index contributed by atoms with van der Waals surface area (Å²) in [7, 11) is 6.94. The van der Waals surface area contributed by atoms with E-state index in [1.54, 1.807) is 107 Å². The molecule has 0 saturated carbocycles. The van der Waals surface area contributed by atoms with Crippen LogP contribution in [0, 0.1) is 53.3 Å². The Balaban J connectivity index is 0.000000204. The van der Waals surface area contributed by atoms with Gasteiger partial charge in [0.1, 0.15) is 0 Å². The Bertz CT molecular complexity index is 6260. The fraction of sp³-hybridized carbons (Fsp3) is 0.468. The summed E-state index contributed by atoms with van der Waals surface area (Å²) < 4.78 is 142. The molecule has 15 rings (SSSR count). The van der Waals surface area contributed by atoms with Gasteiger partial charge in [0.25, 0.3) is 22.2 Å². The second kappa shape index (κ2) is 50.2. The molecule has 15 heterocycles. The molecule has 1 unspecified atom stereocenters. The number of H-pyrrole nitrogens is 1. The van der Waals surface area contributed by atoms with Crippen molar-refractivity contribution in [2.45, 2.75) is 140 Å². The Labute approximate surface area is 790 Å². The number of carboxylic acids is 4. The third-order valence-corrected chi connectivity index (χ3v) is 24.5. The predicted octanol–water partition coefficient (Wildman–Crippen LogP) is 6.34. The van der Waals surface area contributed by atoms with Crippen molar-refractivity contribution < 1.29 is 92.3 Å². The number of aromatic amines is 1. The van der Waals surface area contributed by atoms with Crippen molar-refractivity contribution in [1.82, 2.24) is 123 Å². The van der Waals surface area contributed by atoms with Crippen molar-refractivity contribution in [2.75, 3.05) is 124 Å². The number of fused-ring (bicyclic) bond motifs is 4. The molecule has 11 aromatic rings. The Kier molecular flexibility index (Phi) is 40.1. The first-order valence-corrected chi connectivity index (χ1v) is 44.8. The number of aliphatic carboxylic acids is 4. The van der Waals surface area contributed by atoms with Crippen LogP contribution in [0.3, 0.4) is 0 Å². The molecule has 58 heteroatoms. The number of thiazole rings is 1. The summed E-state index contributed by atoms with van der Waals surface area (Å²) in [5.41, 5.74) is 3.35. The topological polar surface area (TPSA) is 488 Å². The Morgan fingerprint density at radius 3 is 0.934 bits per heavy atom. The normalized spacial score (nSPS) is 14.0. The first kappa shape index (κ1) is 109. The number of aromatic nitrogens is 21. The quantitative estimate of drug-likeness (QED) is 0.0208. The maximum absolute atomic E-state index is 13.2. The van der Waals surface area contributed by atoms with Crippen LogP contribution >= 0.6 is 58.4 Å². The molecule has 0 aliphatic carbocycles. The highest BCUT2D eigenvalue weighted by molar-refractivity contribution is 8.01. The molecule has 0 spiro atoms. The molecule has 1 atom stereocenters. The summed E-state index contributed by atoms with van der Waals surface area (Å²) >= 11 is 7.06. The SMILES string of the molecule is CC#CCn1c(N2CCNCC2)nc2nc(SC(C)C(C)C)n(C)c(=O)c21.CC#CCn1c(N2CCNCC2)nc2nc(Sc3ncc[nH]3)n(C)c(=O)c21.CC#CCn1c(N2CCNCC2)nc2nc(Sc3ncccn3)n(C)c(=O)c21.CC#CCn1c(N2CCNCC2)nc2nc(Sc3nccs3)n(C)c(=O)c21.O=C(O)C(F)(F)F.O=C(O)C(F)(F)F.O=C(O)C(F)(F)F.O=C(O)C(F)(F)F. The molecule has 738 valence electrons. The average molecular weight is 2030 g/mol. The zero-order chi connectivity index (χ0) is 101. The van der Waals surface area contributed by atoms with E-state index in [2.05, 4.69) is 149 Å². The first-order valence-electron chi connectivity index (χ1n) is 40.6. The fourth-order valence-corrected chi connectivity index (χ4v) is 16.1. The summed E-state index contributed by atoms with van der Waals surface area (Å²) in [6, 6.07) is 1.75. The van der Waals surface area contributed by atoms with Gasteiger partial charge in [-0.1, -0.05) is 56.2 Å². The number of anilines is 4. The maximum Gasteiger partial charge on any atom is 0.490 e. The molecule has 4 fully saturated rings. The molecule has 0 amide bonds. The van der Waals surface area contributed by atoms with Crippen LogP contribution in [0.1, 0.15) is 48.5 Å². The molecule has 0 aromatic carbocycles. The van der Waals surface area contributed by atoms with Gasteiger partial charge in [0.2, 0.25) is 23.8 Å².